The third-order valence-corrected chi connectivity index (χ3v) is 4.13. The molecular formula is C10H10Cl2N4O3S. The van der Waals surface area contributed by atoms with Crippen LogP contribution < -0.4 is 9.88 Å². The van der Waals surface area contributed by atoms with E-state index in [0.29, 0.717) is 5.82 Å². The van der Waals surface area contributed by atoms with Crippen molar-refractivity contribution in [2.75, 3.05) is 0 Å². The van der Waals surface area contributed by atoms with Crippen LogP contribution in [0.2, 0.25) is 10.0 Å². The lowest BCUT2D eigenvalue weighted by Crippen LogP contribution is -2.13. The van der Waals surface area contributed by atoms with Crippen LogP contribution in [0.3, 0.4) is 0 Å². The summed E-state index contributed by atoms with van der Waals surface area (Å²) in [6, 6.07) is 2.44. The van der Waals surface area contributed by atoms with Gasteiger partial charge >= 0.3 is 0 Å². The summed E-state index contributed by atoms with van der Waals surface area (Å²) in [5.74, 6) is 0.805. The molecule has 20 heavy (non-hydrogen) atoms. The smallest absolute Gasteiger partial charge is 0.239 e. The van der Waals surface area contributed by atoms with Crippen LogP contribution in [-0.4, -0.2) is 23.2 Å². The summed E-state index contributed by atoms with van der Waals surface area (Å²) < 4.78 is 29.7. The van der Waals surface area contributed by atoms with Crippen molar-refractivity contribution in [3.8, 4) is 5.75 Å². The number of nitrogens with zero attached hydrogens (tertiary/aromatic N) is 3. The van der Waals surface area contributed by atoms with Crippen molar-refractivity contribution in [3.05, 3.63) is 34.3 Å². The van der Waals surface area contributed by atoms with E-state index in [2.05, 4.69) is 10.2 Å². The molecule has 2 rings (SSSR count). The number of sulfonamides is 1. The number of rotatable bonds is 4. The molecular weight excluding hydrogens is 327 g/mol. The molecule has 1 heterocycles. The van der Waals surface area contributed by atoms with Gasteiger partial charge in [0.05, 0.1) is 10.0 Å². The molecule has 0 fully saturated rings. The SMILES string of the molecule is Cn1cnnc1COc1cc(Cl)c(S(N)(=O)=O)cc1Cl. The predicted octanol–water partition coefficient (Wildman–Crippen LogP) is 1.35. The van der Waals surface area contributed by atoms with Gasteiger partial charge in [0, 0.05) is 13.1 Å². The highest BCUT2D eigenvalue weighted by molar-refractivity contribution is 7.89. The molecule has 2 N–H and O–H groups in total. The standard InChI is InChI=1S/C10H10Cl2N4O3S/c1-16-5-14-15-10(16)4-19-8-2-7(12)9(3-6(8)11)20(13,17)18/h2-3,5H,4H2,1H3,(H2,13,17,18). The Kier molecular flexibility index (Phi) is 4.19. The lowest BCUT2D eigenvalue weighted by molar-refractivity contribution is 0.291. The van der Waals surface area contributed by atoms with E-state index in [1.807, 2.05) is 0 Å². The van der Waals surface area contributed by atoms with Crippen LogP contribution in [0.1, 0.15) is 5.82 Å². The Hall–Kier alpha value is -1.35. The second kappa shape index (κ2) is 5.57. The van der Waals surface area contributed by atoms with Crippen LogP contribution in [0.5, 0.6) is 5.75 Å². The normalized spacial score (nSPS) is 11.6. The van der Waals surface area contributed by atoms with Gasteiger partial charge in [-0.1, -0.05) is 23.2 Å². The van der Waals surface area contributed by atoms with Crippen LogP contribution in [-0.2, 0) is 23.7 Å². The molecule has 0 unspecified atom stereocenters. The third kappa shape index (κ3) is 3.21. The maximum atomic E-state index is 11.3. The van der Waals surface area contributed by atoms with E-state index in [1.165, 1.54) is 12.4 Å². The van der Waals surface area contributed by atoms with Gasteiger partial charge in [-0.2, -0.15) is 0 Å². The largest absolute Gasteiger partial charge is 0.484 e. The first-order chi connectivity index (χ1) is 9.29. The Morgan fingerprint density at radius 2 is 2.05 bits per heavy atom. The number of aromatic nitrogens is 3. The summed E-state index contributed by atoms with van der Waals surface area (Å²) in [6.45, 7) is 0.112. The number of primary sulfonamides is 1. The van der Waals surface area contributed by atoms with Crippen molar-refractivity contribution in [3.63, 3.8) is 0 Å². The fraction of sp³-hybridized carbons (Fsp3) is 0.200. The predicted molar refractivity (Wildman–Crippen MR) is 73.2 cm³/mol. The Morgan fingerprint density at radius 1 is 1.35 bits per heavy atom. The minimum atomic E-state index is -3.94. The summed E-state index contributed by atoms with van der Waals surface area (Å²) >= 11 is 11.8. The Morgan fingerprint density at radius 3 is 2.60 bits per heavy atom. The molecule has 7 nitrogen and oxygen atoms in total. The molecule has 0 saturated heterocycles. The summed E-state index contributed by atoms with van der Waals surface area (Å²) in [4.78, 5) is -0.254. The molecule has 0 aliphatic rings. The van der Waals surface area contributed by atoms with E-state index in [4.69, 9.17) is 33.1 Å². The van der Waals surface area contributed by atoms with Crippen molar-refractivity contribution < 1.29 is 13.2 Å². The molecule has 10 heteroatoms. The molecule has 0 spiro atoms. The highest BCUT2D eigenvalue weighted by Crippen LogP contribution is 2.33. The van der Waals surface area contributed by atoms with Crippen molar-refractivity contribution in [2.45, 2.75) is 11.5 Å². The van der Waals surface area contributed by atoms with Crippen molar-refractivity contribution in [1.29, 1.82) is 0 Å². The van der Waals surface area contributed by atoms with E-state index in [9.17, 15) is 8.42 Å². The molecule has 0 saturated carbocycles. The lowest BCUT2D eigenvalue weighted by Gasteiger charge is -2.10. The molecule has 0 atom stereocenters. The zero-order valence-electron chi connectivity index (χ0n) is 10.2. The molecule has 0 amide bonds. The second-order valence-electron chi connectivity index (χ2n) is 3.90. The van der Waals surface area contributed by atoms with Crippen molar-refractivity contribution in [1.82, 2.24) is 14.8 Å². The number of aryl methyl sites for hydroxylation is 1. The van der Waals surface area contributed by atoms with Gasteiger partial charge in [0.25, 0.3) is 0 Å². The molecule has 108 valence electrons. The fourth-order valence-corrected chi connectivity index (χ4v) is 2.79. The molecule has 1 aromatic carbocycles. The highest BCUT2D eigenvalue weighted by atomic mass is 35.5. The molecule has 2 aromatic rings. The number of ether oxygens (including phenoxy) is 1. The van der Waals surface area contributed by atoms with Crippen LogP contribution in [0.25, 0.3) is 0 Å². The molecule has 0 aliphatic heterocycles. The molecule has 0 radical (unpaired) electrons. The fourth-order valence-electron chi connectivity index (χ4n) is 1.42. The van der Waals surface area contributed by atoms with Gasteiger partial charge < -0.3 is 9.30 Å². The topological polar surface area (TPSA) is 100 Å². The second-order valence-corrected chi connectivity index (χ2v) is 6.25. The van der Waals surface area contributed by atoms with Crippen molar-refractivity contribution >= 4 is 33.2 Å². The van der Waals surface area contributed by atoms with E-state index >= 15 is 0 Å². The Labute approximate surface area is 125 Å². The third-order valence-electron chi connectivity index (χ3n) is 2.45. The van der Waals surface area contributed by atoms with Gasteiger partial charge in [-0.15, -0.1) is 10.2 Å². The quantitative estimate of drug-likeness (QED) is 0.908. The average Bonchev–Trinajstić information content (AvgIpc) is 2.74. The first-order valence-electron chi connectivity index (χ1n) is 5.26. The van der Waals surface area contributed by atoms with Crippen LogP contribution >= 0.6 is 23.2 Å². The number of benzene rings is 1. The van der Waals surface area contributed by atoms with Crippen LogP contribution in [0.4, 0.5) is 0 Å². The van der Waals surface area contributed by atoms with Gasteiger partial charge in [-0.3, -0.25) is 0 Å². The molecule has 0 aliphatic carbocycles. The Bertz CT molecular complexity index is 745. The monoisotopic (exact) mass is 336 g/mol. The molecule has 1 aromatic heterocycles. The minimum absolute atomic E-state index is 0.0649. The Balaban J connectivity index is 2.26. The van der Waals surface area contributed by atoms with Gasteiger partial charge in [0.2, 0.25) is 10.0 Å². The highest BCUT2D eigenvalue weighted by Gasteiger charge is 2.17. The number of halogens is 2. The van der Waals surface area contributed by atoms with E-state index in [1.54, 1.807) is 11.6 Å². The number of nitrogens with two attached hydrogens (primary N) is 1. The van der Waals surface area contributed by atoms with Gasteiger partial charge in [-0.05, 0) is 6.07 Å². The number of hydrogen-bond donors (Lipinski definition) is 1. The van der Waals surface area contributed by atoms with E-state index in [0.717, 1.165) is 6.07 Å². The number of hydrogen-bond acceptors (Lipinski definition) is 5. The van der Waals surface area contributed by atoms with Gasteiger partial charge in [0.15, 0.2) is 5.82 Å². The first-order valence-corrected chi connectivity index (χ1v) is 7.57. The first kappa shape index (κ1) is 15.0. The van der Waals surface area contributed by atoms with E-state index in [-0.39, 0.29) is 27.3 Å². The summed E-state index contributed by atoms with van der Waals surface area (Å²) in [5, 5.41) is 12.6. The zero-order valence-corrected chi connectivity index (χ0v) is 12.6. The van der Waals surface area contributed by atoms with Crippen molar-refractivity contribution in [2.24, 2.45) is 12.2 Å². The van der Waals surface area contributed by atoms with Crippen LogP contribution in [0.15, 0.2) is 23.4 Å². The summed E-state index contributed by atoms with van der Waals surface area (Å²) in [7, 11) is -2.17. The zero-order chi connectivity index (χ0) is 14.9. The van der Waals surface area contributed by atoms with Gasteiger partial charge in [0.1, 0.15) is 23.6 Å². The maximum Gasteiger partial charge on any atom is 0.239 e. The lowest BCUT2D eigenvalue weighted by atomic mass is 10.3. The molecule has 0 bridgehead atoms. The van der Waals surface area contributed by atoms with Gasteiger partial charge in [-0.25, -0.2) is 13.6 Å². The van der Waals surface area contributed by atoms with Crippen LogP contribution in [0, 0.1) is 0 Å². The maximum absolute atomic E-state index is 11.3. The average molecular weight is 337 g/mol. The summed E-state index contributed by atoms with van der Waals surface area (Å²) in [5.41, 5.74) is 0. The van der Waals surface area contributed by atoms with E-state index < -0.39 is 10.0 Å². The minimum Gasteiger partial charge on any atom is -0.484 e. The summed E-state index contributed by atoms with van der Waals surface area (Å²) in [6.07, 6.45) is 1.53.